The highest BCUT2D eigenvalue weighted by Crippen LogP contribution is 2.45. The van der Waals surface area contributed by atoms with Crippen molar-refractivity contribution in [3.8, 4) is 11.5 Å². The Bertz CT molecular complexity index is 1510. The van der Waals surface area contributed by atoms with Crippen LogP contribution in [0.25, 0.3) is 10.9 Å². The van der Waals surface area contributed by atoms with Gasteiger partial charge in [0.25, 0.3) is 0 Å². The number of hydrogen-bond acceptors (Lipinski definition) is 4. The quantitative estimate of drug-likeness (QED) is 0.446. The van der Waals surface area contributed by atoms with Crippen molar-refractivity contribution in [2.75, 3.05) is 20.8 Å². The minimum Gasteiger partial charge on any atom is -0.497 e. The Balaban J connectivity index is 1.47. The fraction of sp³-hybridized carbons (Fsp3) is 0.267. The third kappa shape index (κ3) is 3.82. The van der Waals surface area contributed by atoms with Crippen LogP contribution in [0.15, 0.2) is 66.7 Å². The maximum Gasteiger partial charge on any atom is 0.246 e. The number of nitrogens with zero attached hydrogens (tertiary/aromatic N) is 2. The molecule has 2 aliphatic rings. The van der Waals surface area contributed by atoms with Gasteiger partial charge in [0, 0.05) is 41.2 Å². The van der Waals surface area contributed by atoms with Crippen molar-refractivity contribution < 1.29 is 19.1 Å². The predicted octanol–water partition coefficient (Wildman–Crippen LogP) is 4.38. The number of aryl methyl sites for hydroxylation is 1. The van der Waals surface area contributed by atoms with Gasteiger partial charge < -0.3 is 24.3 Å². The van der Waals surface area contributed by atoms with Gasteiger partial charge >= 0.3 is 0 Å². The van der Waals surface area contributed by atoms with Crippen molar-refractivity contribution in [3.63, 3.8) is 0 Å². The highest BCUT2D eigenvalue weighted by atomic mass is 16.5. The van der Waals surface area contributed by atoms with Gasteiger partial charge in [0.05, 0.1) is 14.2 Å². The number of ether oxygens (including phenoxy) is 2. The first-order valence-corrected chi connectivity index (χ1v) is 12.5. The van der Waals surface area contributed by atoms with Gasteiger partial charge in [0.15, 0.2) is 0 Å². The average molecular weight is 496 g/mol. The first kappa shape index (κ1) is 23.2. The number of piperazine rings is 1. The molecule has 1 fully saturated rings. The van der Waals surface area contributed by atoms with Crippen LogP contribution in [-0.2, 0) is 22.6 Å². The van der Waals surface area contributed by atoms with E-state index in [4.69, 9.17) is 9.47 Å². The maximum absolute atomic E-state index is 13.9. The number of aromatic amines is 1. The lowest BCUT2D eigenvalue weighted by Crippen LogP contribution is -2.62. The Morgan fingerprint density at radius 2 is 1.76 bits per heavy atom. The molecular formula is C30H29N3O4. The van der Waals surface area contributed by atoms with E-state index in [1.54, 1.807) is 24.0 Å². The van der Waals surface area contributed by atoms with Gasteiger partial charge in [-0.1, -0.05) is 48.0 Å². The van der Waals surface area contributed by atoms with E-state index in [1.165, 1.54) is 0 Å². The first-order chi connectivity index (χ1) is 18.0. The summed E-state index contributed by atoms with van der Waals surface area (Å²) in [7, 11) is 3.22. The molecular weight excluding hydrogens is 466 g/mol. The molecule has 1 aromatic heterocycles. The molecule has 37 heavy (non-hydrogen) atoms. The number of nitrogens with one attached hydrogen (secondary N) is 1. The van der Waals surface area contributed by atoms with Crippen LogP contribution < -0.4 is 9.47 Å². The molecule has 0 unspecified atom stereocenters. The zero-order chi connectivity index (χ0) is 25.7. The topological polar surface area (TPSA) is 74.9 Å². The van der Waals surface area contributed by atoms with Gasteiger partial charge in [0.1, 0.15) is 30.1 Å². The third-order valence-electron chi connectivity index (χ3n) is 7.57. The molecule has 1 saturated heterocycles. The normalized spacial score (nSPS) is 19.1. The molecule has 2 amide bonds. The lowest BCUT2D eigenvalue weighted by atomic mass is 9.85. The highest BCUT2D eigenvalue weighted by molar-refractivity contribution is 5.97. The van der Waals surface area contributed by atoms with Gasteiger partial charge in [-0.05, 0) is 36.2 Å². The molecule has 7 nitrogen and oxygen atoms in total. The summed E-state index contributed by atoms with van der Waals surface area (Å²) < 4.78 is 11.2. The van der Waals surface area contributed by atoms with E-state index < -0.39 is 12.1 Å². The molecule has 3 heterocycles. The summed E-state index contributed by atoms with van der Waals surface area (Å²) in [6.45, 7) is 2.48. The number of H-pyrrole nitrogens is 1. The number of hydrogen-bond donors (Lipinski definition) is 1. The van der Waals surface area contributed by atoms with Crippen LogP contribution in [0.5, 0.6) is 11.5 Å². The van der Waals surface area contributed by atoms with Gasteiger partial charge in [-0.3, -0.25) is 9.59 Å². The lowest BCUT2D eigenvalue weighted by molar-refractivity contribution is -0.159. The van der Waals surface area contributed by atoms with Crippen LogP contribution in [0.1, 0.15) is 34.0 Å². The van der Waals surface area contributed by atoms with Crippen molar-refractivity contribution in [1.82, 2.24) is 14.8 Å². The summed E-state index contributed by atoms with van der Waals surface area (Å²) in [6.07, 6.45) is 0.462. The minimum atomic E-state index is -0.602. The van der Waals surface area contributed by atoms with Crippen LogP contribution >= 0.6 is 0 Å². The Morgan fingerprint density at radius 3 is 2.51 bits per heavy atom. The SMILES string of the molecule is COc1ccc([C@H]2c3[nH]c4ccccc4c3C[C@H]3C(=O)N(Cc4ccc(C)cc4)CC(=O)N23)c(OC)c1. The fourth-order valence-electron chi connectivity index (χ4n) is 5.74. The predicted molar refractivity (Wildman–Crippen MR) is 141 cm³/mol. The summed E-state index contributed by atoms with van der Waals surface area (Å²) in [5, 5.41) is 1.07. The van der Waals surface area contributed by atoms with Crippen LogP contribution in [0.4, 0.5) is 0 Å². The first-order valence-electron chi connectivity index (χ1n) is 12.5. The van der Waals surface area contributed by atoms with E-state index >= 15 is 0 Å². The Labute approximate surface area is 215 Å². The highest BCUT2D eigenvalue weighted by Gasteiger charge is 2.48. The second-order valence-electron chi connectivity index (χ2n) is 9.77. The van der Waals surface area contributed by atoms with Crippen LogP contribution in [0.3, 0.4) is 0 Å². The summed E-state index contributed by atoms with van der Waals surface area (Å²) in [5.74, 6) is 1.16. The number of carbonyl (C=O) groups is 2. The Kier molecular flexibility index (Phi) is 5.63. The third-order valence-corrected chi connectivity index (χ3v) is 7.57. The maximum atomic E-state index is 13.9. The van der Waals surface area contributed by atoms with Crippen LogP contribution in [0.2, 0.25) is 0 Å². The summed E-state index contributed by atoms with van der Waals surface area (Å²) in [6, 6.07) is 20.7. The van der Waals surface area contributed by atoms with Crippen molar-refractivity contribution in [1.29, 1.82) is 0 Å². The molecule has 2 atom stereocenters. The van der Waals surface area contributed by atoms with Gasteiger partial charge in [-0.2, -0.15) is 0 Å². The number of rotatable bonds is 5. The van der Waals surface area contributed by atoms with Crippen molar-refractivity contribution in [2.45, 2.75) is 32.0 Å². The number of methoxy groups -OCH3 is 2. The van der Waals surface area contributed by atoms with Crippen LogP contribution in [0, 0.1) is 6.92 Å². The van der Waals surface area contributed by atoms with E-state index in [0.29, 0.717) is 24.5 Å². The number of amides is 2. The monoisotopic (exact) mass is 495 g/mol. The molecule has 0 aliphatic carbocycles. The van der Waals surface area contributed by atoms with Crippen molar-refractivity contribution in [3.05, 3.63) is 94.7 Å². The molecule has 0 radical (unpaired) electrons. The van der Waals surface area contributed by atoms with Crippen LogP contribution in [-0.4, -0.2) is 53.4 Å². The zero-order valence-corrected chi connectivity index (χ0v) is 21.2. The van der Waals surface area contributed by atoms with Crippen molar-refractivity contribution >= 4 is 22.7 Å². The average Bonchev–Trinajstić information content (AvgIpc) is 3.29. The molecule has 6 rings (SSSR count). The molecule has 0 saturated carbocycles. The molecule has 188 valence electrons. The molecule has 7 heteroatoms. The smallest absolute Gasteiger partial charge is 0.246 e. The van der Waals surface area contributed by atoms with Gasteiger partial charge in [-0.25, -0.2) is 0 Å². The van der Waals surface area contributed by atoms with Gasteiger partial charge in [-0.15, -0.1) is 0 Å². The van der Waals surface area contributed by atoms with Gasteiger partial charge in [0.2, 0.25) is 11.8 Å². The Hall–Kier alpha value is -4.26. The minimum absolute atomic E-state index is 0.0337. The van der Waals surface area contributed by atoms with E-state index in [0.717, 1.165) is 38.9 Å². The second kappa shape index (κ2) is 9.00. The van der Waals surface area contributed by atoms with E-state index in [2.05, 4.69) is 11.1 Å². The van der Waals surface area contributed by atoms with Crippen molar-refractivity contribution in [2.24, 2.45) is 0 Å². The number of benzene rings is 3. The molecule has 3 aromatic carbocycles. The fourth-order valence-corrected chi connectivity index (χ4v) is 5.74. The number of para-hydroxylation sites is 1. The molecule has 0 spiro atoms. The Morgan fingerprint density at radius 1 is 0.973 bits per heavy atom. The molecule has 2 aliphatic heterocycles. The van der Waals surface area contributed by atoms with E-state index in [-0.39, 0.29) is 18.4 Å². The standard InChI is InChI=1S/C30H29N3O4/c1-18-8-10-19(11-9-18)16-32-17-27(34)33-25(30(32)35)15-23-21-6-4-5-7-24(21)31-28(23)29(33)22-13-12-20(36-2)14-26(22)37-3/h4-14,25,29,31H,15-17H2,1-3H3/t25-,29-/m0/s1. The number of aromatic nitrogens is 1. The number of fused-ring (bicyclic) bond motifs is 4. The molecule has 4 aromatic rings. The summed E-state index contributed by atoms with van der Waals surface area (Å²) >= 11 is 0. The van der Waals surface area contributed by atoms with E-state index in [9.17, 15) is 9.59 Å². The second-order valence-corrected chi connectivity index (χ2v) is 9.77. The summed E-state index contributed by atoms with van der Waals surface area (Å²) in [5.41, 5.74) is 5.96. The summed E-state index contributed by atoms with van der Waals surface area (Å²) in [4.78, 5) is 34.8. The lowest BCUT2D eigenvalue weighted by Gasteiger charge is -2.47. The van der Waals surface area contributed by atoms with E-state index in [1.807, 2.05) is 67.6 Å². The zero-order valence-electron chi connectivity index (χ0n) is 21.2. The number of carbonyl (C=O) groups excluding carboxylic acids is 2. The molecule has 1 N–H and O–H groups in total. The molecule has 0 bridgehead atoms. The largest absolute Gasteiger partial charge is 0.497 e.